The molecule has 1 aromatic carbocycles. The highest BCUT2D eigenvalue weighted by molar-refractivity contribution is 5.71. The fraction of sp³-hybridized carbons (Fsp3) is 0.462. The molecule has 5 heterocycles. The van der Waals surface area contributed by atoms with Gasteiger partial charge in [0.05, 0.1) is 18.8 Å². The van der Waals surface area contributed by atoms with Crippen molar-refractivity contribution in [3.63, 3.8) is 0 Å². The predicted molar refractivity (Wildman–Crippen MR) is 136 cm³/mol. The van der Waals surface area contributed by atoms with E-state index >= 15 is 0 Å². The second kappa shape index (κ2) is 8.46. The topological polar surface area (TPSA) is 93.7 Å². The van der Waals surface area contributed by atoms with Gasteiger partial charge in [-0.2, -0.15) is 0 Å². The van der Waals surface area contributed by atoms with Gasteiger partial charge in [0.25, 0.3) is 5.56 Å². The molecule has 0 amide bonds. The minimum absolute atomic E-state index is 0.385. The number of hydrogen-bond acceptors (Lipinski definition) is 5. The SMILES string of the molecule is CCn1c(=O)[nH]c(=O)c2c1nc(Cc1cn3c(n1)CCCC3)n2Cc1ccc(N2CC(C)(F)C2)cc1. The van der Waals surface area contributed by atoms with E-state index in [1.807, 2.05) is 40.7 Å². The molecule has 36 heavy (non-hydrogen) atoms. The van der Waals surface area contributed by atoms with Crippen molar-refractivity contribution in [3.05, 3.63) is 74.2 Å². The monoisotopic (exact) mass is 491 g/mol. The van der Waals surface area contributed by atoms with E-state index in [2.05, 4.69) is 15.7 Å². The first-order chi connectivity index (χ1) is 17.3. The van der Waals surface area contributed by atoms with Crippen molar-refractivity contribution in [1.29, 1.82) is 0 Å². The number of aromatic amines is 1. The predicted octanol–water partition coefficient (Wildman–Crippen LogP) is 2.63. The molecule has 188 valence electrons. The van der Waals surface area contributed by atoms with E-state index in [4.69, 9.17) is 9.97 Å². The van der Waals surface area contributed by atoms with E-state index in [1.165, 1.54) is 4.57 Å². The Morgan fingerprint density at radius 2 is 1.86 bits per heavy atom. The van der Waals surface area contributed by atoms with Gasteiger partial charge in [-0.15, -0.1) is 0 Å². The smallest absolute Gasteiger partial charge is 0.330 e. The number of hydrogen-bond donors (Lipinski definition) is 1. The van der Waals surface area contributed by atoms with Gasteiger partial charge in [-0.25, -0.2) is 19.2 Å². The third-order valence-electron chi connectivity index (χ3n) is 7.26. The number of halogens is 1. The Hall–Kier alpha value is -3.69. The lowest BCUT2D eigenvalue weighted by Gasteiger charge is -2.43. The van der Waals surface area contributed by atoms with Crippen LogP contribution in [0.15, 0.2) is 40.1 Å². The summed E-state index contributed by atoms with van der Waals surface area (Å²) in [4.78, 5) is 39.5. The summed E-state index contributed by atoms with van der Waals surface area (Å²) in [6, 6.07) is 7.97. The molecular weight excluding hydrogens is 461 g/mol. The van der Waals surface area contributed by atoms with Crippen LogP contribution < -0.4 is 16.1 Å². The number of nitrogens with one attached hydrogen (secondary N) is 1. The van der Waals surface area contributed by atoms with Crippen LogP contribution in [0.25, 0.3) is 11.2 Å². The first-order valence-electron chi connectivity index (χ1n) is 12.6. The molecule has 0 spiro atoms. The number of H-pyrrole nitrogens is 1. The summed E-state index contributed by atoms with van der Waals surface area (Å²) >= 11 is 0. The quantitative estimate of drug-likeness (QED) is 0.448. The van der Waals surface area contributed by atoms with Crippen LogP contribution in [0.1, 0.15) is 49.6 Å². The molecule has 0 aliphatic carbocycles. The van der Waals surface area contributed by atoms with Gasteiger partial charge < -0.3 is 14.0 Å². The van der Waals surface area contributed by atoms with Crippen molar-refractivity contribution in [3.8, 4) is 0 Å². The van der Waals surface area contributed by atoms with Crippen molar-refractivity contribution >= 4 is 16.9 Å². The highest BCUT2D eigenvalue weighted by atomic mass is 19.1. The van der Waals surface area contributed by atoms with Crippen LogP contribution in [0.2, 0.25) is 0 Å². The maximum atomic E-state index is 13.9. The average Bonchev–Trinajstić information content (AvgIpc) is 3.39. The lowest BCUT2D eigenvalue weighted by atomic mass is 9.98. The van der Waals surface area contributed by atoms with E-state index in [-0.39, 0.29) is 0 Å². The molecule has 1 saturated heterocycles. The first-order valence-corrected chi connectivity index (χ1v) is 12.6. The fourth-order valence-corrected chi connectivity index (χ4v) is 5.46. The molecule has 9 nitrogen and oxygen atoms in total. The first kappa shape index (κ1) is 22.8. The molecule has 6 rings (SSSR count). The molecule has 0 saturated carbocycles. The molecule has 10 heteroatoms. The standard InChI is InChI=1S/C26H30FN7O2/c1-3-33-23-22(24(35)30-25(33)36)34(13-17-7-9-19(10-8-17)32-15-26(2,27)16-32)21(29-23)12-18-14-31-11-5-4-6-20(31)28-18/h7-10,14H,3-6,11-13,15-16H2,1-2H3,(H,30,35,36). The van der Waals surface area contributed by atoms with Gasteiger partial charge in [-0.05, 0) is 44.4 Å². The Labute approximate surface area is 207 Å². The number of aryl methyl sites for hydroxylation is 3. The highest BCUT2D eigenvalue weighted by Crippen LogP contribution is 2.30. The Morgan fingerprint density at radius 1 is 1.08 bits per heavy atom. The summed E-state index contributed by atoms with van der Waals surface area (Å²) in [5.41, 5.74) is 1.62. The molecule has 3 aromatic heterocycles. The Morgan fingerprint density at radius 3 is 2.56 bits per heavy atom. The summed E-state index contributed by atoms with van der Waals surface area (Å²) in [5.74, 6) is 1.78. The summed E-state index contributed by atoms with van der Waals surface area (Å²) in [7, 11) is 0. The third kappa shape index (κ3) is 3.94. The molecule has 4 aromatic rings. The number of benzene rings is 1. The molecule has 0 bridgehead atoms. The van der Waals surface area contributed by atoms with Gasteiger partial charge in [-0.1, -0.05) is 12.1 Å². The van der Waals surface area contributed by atoms with Gasteiger partial charge in [-0.3, -0.25) is 14.3 Å². The maximum absolute atomic E-state index is 13.9. The van der Waals surface area contributed by atoms with Crippen LogP contribution in [0, 0.1) is 0 Å². The van der Waals surface area contributed by atoms with Gasteiger partial charge in [0.15, 0.2) is 11.2 Å². The number of nitrogens with zero attached hydrogens (tertiary/aromatic N) is 6. The van der Waals surface area contributed by atoms with E-state index in [0.717, 1.165) is 48.6 Å². The number of alkyl halides is 1. The Kier molecular flexibility index (Phi) is 5.35. The number of aromatic nitrogens is 6. The third-order valence-corrected chi connectivity index (χ3v) is 7.26. The molecule has 1 fully saturated rings. The van der Waals surface area contributed by atoms with Crippen molar-refractivity contribution in [2.45, 2.75) is 64.8 Å². The van der Waals surface area contributed by atoms with E-state index in [1.54, 1.807) is 6.92 Å². The van der Waals surface area contributed by atoms with Gasteiger partial charge >= 0.3 is 5.69 Å². The molecule has 1 N–H and O–H groups in total. The normalized spacial score (nSPS) is 16.8. The average molecular weight is 492 g/mol. The summed E-state index contributed by atoms with van der Waals surface area (Å²) < 4.78 is 19.5. The zero-order valence-corrected chi connectivity index (χ0v) is 20.6. The van der Waals surface area contributed by atoms with Crippen molar-refractivity contribution in [1.82, 2.24) is 28.7 Å². The Balaban J connectivity index is 1.38. The summed E-state index contributed by atoms with van der Waals surface area (Å²) in [5, 5.41) is 0. The van der Waals surface area contributed by atoms with Crippen LogP contribution in [-0.2, 0) is 32.5 Å². The van der Waals surface area contributed by atoms with Crippen molar-refractivity contribution in [2.75, 3.05) is 18.0 Å². The van der Waals surface area contributed by atoms with E-state index in [9.17, 15) is 14.0 Å². The van der Waals surface area contributed by atoms with Crippen LogP contribution in [0.4, 0.5) is 10.1 Å². The number of fused-ring (bicyclic) bond motifs is 2. The molecular formula is C26H30FN7O2. The molecule has 2 aliphatic rings. The number of imidazole rings is 2. The van der Waals surface area contributed by atoms with Crippen LogP contribution in [-0.4, -0.2) is 47.4 Å². The number of anilines is 1. The Bertz CT molecular complexity index is 1530. The minimum Gasteiger partial charge on any atom is -0.365 e. The maximum Gasteiger partial charge on any atom is 0.330 e. The minimum atomic E-state index is -1.13. The van der Waals surface area contributed by atoms with Crippen LogP contribution in [0.5, 0.6) is 0 Å². The second-order valence-electron chi connectivity index (χ2n) is 10.2. The van der Waals surface area contributed by atoms with E-state index < -0.39 is 16.9 Å². The fourth-order valence-electron chi connectivity index (χ4n) is 5.46. The van der Waals surface area contributed by atoms with Crippen LogP contribution in [0.3, 0.4) is 0 Å². The zero-order valence-electron chi connectivity index (χ0n) is 20.6. The zero-order chi connectivity index (χ0) is 25.0. The van der Waals surface area contributed by atoms with Gasteiger partial charge in [0.1, 0.15) is 17.3 Å². The van der Waals surface area contributed by atoms with Crippen LogP contribution >= 0.6 is 0 Å². The summed E-state index contributed by atoms with van der Waals surface area (Å²) in [6.45, 7) is 6.05. The van der Waals surface area contributed by atoms with Gasteiger partial charge in [0.2, 0.25) is 0 Å². The lowest BCUT2D eigenvalue weighted by Crippen LogP contribution is -2.57. The molecule has 2 aliphatic heterocycles. The largest absolute Gasteiger partial charge is 0.365 e. The van der Waals surface area contributed by atoms with E-state index in [0.29, 0.717) is 49.6 Å². The van der Waals surface area contributed by atoms with Crippen molar-refractivity contribution < 1.29 is 4.39 Å². The lowest BCUT2D eigenvalue weighted by molar-refractivity contribution is 0.144. The highest BCUT2D eigenvalue weighted by Gasteiger charge is 2.38. The second-order valence-corrected chi connectivity index (χ2v) is 10.2. The van der Waals surface area contributed by atoms with Crippen molar-refractivity contribution in [2.24, 2.45) is 0 Å². The molecule has 0 unspecified atom stereocenters. The molecule has 0 atom stereocenters. The summed E-state index contributed by atoms with van der Waals surface area (Å²) in [6.07, 6.45) is 5.81. The van der Waals surface area contributed by atoms with Gasteiger partial charge in [0, 0.05) is 44.4 Å². The number of rotatable bonds is 6. The molecule has 0 radical (unpaired) electrons.